The smallest absolute Gasteiger partial charge is 0.288 e. The van der Waals surface area contributed by atoms with Gasteiger partial charge in [0.2, 0.25) is 5.95 Å². The Morgan fingerprint density at radius 1 is 1.06 bits per heavy atom. The molecule has 0 saturated heterocycles. The Kier molecular flexibility index (Phi) is 4.39. The Morgan fingerprint density at radius 3 is 2.61 bits per heavy atom. The summed E-state index contributed by atoms with van der Waals surface area (Å²) in [6.45, 7) is 2.01. The highest BCUT2D eigenvalue weighted by molar-refractivity contribution is 5.76. The third-order valence-electron chi connectivity index (χ3n) is 5.33. The number of fused-ring (bicyclic) bond motifs is 2. The first-order valence-electron chi connectivity index (χ1n) is 9.57. The molecule has 156 valence electrons. The zero-order valence-electron chi connectivity index (χ0n) is 17.1. The van der Waals surface area contributed by atoms with Crippen molar-refractivity contribution in [2.75, 3.05) is 19.5 Å². The summed E-state index contributed by atoms with van der Waals surface area (Å²) in [5.74, 6) is 1.57. The fourth-order valence-corrected chi connectivity index (χ4v) is 3.80. The van der Waals surface area contributed by atoms with Gasteiger partial charge in [0, 0.05) is 22.8 Å². The summed E-state index contributed by atoms with van der Waals surface area (Å²) < 4.78 is 12.6. The zero-order chi connectivity index (χ0) is 21.5. The van der Waals surface area contributed by atoms with Crippen LogP contribution in [0.25, 0.3) is 11.3 Å². The first kappa shape index (κ1) is 18.8. The van der Waals surface area contributed by atoms with Gasteiger partial charge in [0.1, 0.15) is 23.2 Å². The lowest BCUT2D eigenvalue weighted by Crippen LogP contribution is -2.29. The number of methoxy groups -OCH3 is 2. The lowest BCUT2D eigenvalue weighted by molar-refractivity contribution is 0.386. The molecule has 2 aromatic heterocycles. The number of benzene rings is 2. The van der Waals surface area contributed by atoms with Gasteiger partial charge in [0.15, 0.2) is 0 Å². The summed E-state index contributed by atoms with van der Waals surface area (Å²) in [5, 5.41) is 22.0. The van der Waals surface area contributed by atoms with Crippen molar-refractivity contribution in [3.63, 3.8) is 0 Å². The number of aromatic amines is 1. The summed E-state index contributed by atoms with van der Waals surface area (Å²) in [7, 11) is 3.17. The van der Waals surface area contributed by atoms with Gasteiger partial charge < -0.3 is 14.8 Å². The molecule has 0 unspecified atom stereocenters. The van der Waals surface area contributed by atoms with E-state index < -0.39 is 6.04 Å². The summed E-state index contributed by atoms with van der Waals surface area (Å²) >= 11 is 0. The predicted octanol–water partition coefficient (Wildman–Crippen LogP) is 2.44. The SMILES string of the molecule is COc1ccc([C@@H]2c3c(-c4ccc(C)cc4)n[nH]c(=O)c3Nc3nnnn32)c(OC)c1. The van der Waals surface area contributed by atoms with E-state index >= 15 is 0 Å². The number of hydrogen-bond acceptors (Lipinski definition) is 8. The zero-order valence-corrected chi connectivity index (χ0v) is 17.1. The Balaban J connectivity index is 1.82. The van der Waals surface area contributed by atoms with E-state index in [0.717, 1.165) is 16.7 Å². The first-order chi connectivity index (χ1) is 15.1. The number of anilines is 2. The van der Waals surface area contributed by atoms with Crippen molar-refractivity contribution in [1.29, 1.82) is 0 Å². The number of nitrogens with zero attached hydrogens (tertiary/aromatic N) is 5. The average molecular weight is 417 g/mol. The molecule has 3 heterocycles. The van der Waals surface area contributed by atoms with E-state index in [0.29, 0.717) is 34.4 Å². The summed E-state index contributed by atoms with van der Waals surface area (Å²) in [6, 6.07) is 12.9. The summed E-state index contributed by atoms with van der Waals surface area (Å²) in [5.41, 5.74) is 3.99. The van der Waals surface area contributed by atoms with Crippen LogP contribution in [0.4, 0.5) is 11.6 Å². The second-order valence-corrected chi connectivity index (χ2v) is 7.14. The minimum absolute atomic E-state index is 0.343. The number of aromatic nitrogens is 6. The van der Waals surface area contributed by atoms with Crippen molar-refractivity contribution in [2.24, 2.45) is 0 Å². The number of hydrogen-bond donors (Lipinski definition) is 2. The second-order valence-electron chi connectivity index (χ2n) is 7.14. The minimum Gasteiger partial charge on any atom is -0.497 e. The Bertz CT molecular complexity index is 1330. The molecule has 0 fully saturated rings. The lowest BCUT2D eigenvalue weighted by atomic mass is 9.91. The quantitative estimate of drug-likeness (QED) is 0.458. The molecular formula is C21H19N7O3. The molecule has 31 heavy (non-hydrogen) atoms. The van der Waals surface area contributed by atoms with Gasteiger partial charge in [-0.05, 0) is 29.5 Å². The molecule has 1 aliphatic rings. The van der Waals surface area contributed by atoms with Crippen LogP contribution >= 0.6 is 0 Å². The molecular weight excluding hydrogens is 398 g/mol. The molecule has 5 rings (SSSR count). The largest absolute Gasteiger partial charge is 0.497 e. The number of H-pyrrole nitrogens is 1. The molecule has 10 heteroatoms. The van der Waals surface area contributed by atoms with E-state index in [2.05, 4.69) is 31.0 Å². The second kappa shape index (κ2) is 7.24. The number of tetrazole rings is 1. The predicted molar refractivity (Wildman–Crippen MR) is 113 cm³/mol. The summed E-state index contributed by atoms with van der Waals surface area (Å²) in [4.78, 5) is 12.8. The molecule has 4 aromatic rings. The average Bonchev–Trinajstić information content (AvgIpc) is 3.27. The van der Waals surface area contributed by atoms with Crippen LogP contribution in [0.3, 0.4) is 0 Å². The summed E-state index contributed by atoms with van der Waals surface area (Å²) in [6.07, 6.45) is 0. The van der Waals surface area contributed by atoms with Gasteiger partial charge in [-0.2, -0.15) is 9.78 Å². The van der Waals surface area contributed by atoms with Gasteiger partial charge >= 0.3 is 0 Å². The molecule has 0 saturated carbocycles. The number of rotatable bonds is 4. The molecule has 0 radical (unpaired) electrons. The van der Waals surface area contributed by atoms with Crippen LogP contribution in [-0.2, 0) is 0 Å². The Morgan fingerprint density at radius 2 is 1.87 bits per heavy atom. The number of aryl methyl sites for hydroxylation is 1. The van der Waals surface area contributed by atoms with E-state index in [1.54, 1.807) is 25.0 Å². The van der Waals surface area contributed by atoms with Crippen LogP contribution in [0.2, 0.25) is 0 Å². The van der Waals surface area contributed by atoms with Crippen LogP contribution in [0.1, 0.15) is 22.7 Å². The van der Waals surface area contributed by atoms with Crippen LogP contribution in [0.5, 0.6) is 11.5 Å². The van der Waals surface area contributed by atoms with Crippen molar-refractivity contribution < 1.29 is 9.47 Å². The third kappa shape index (κ3) is 3.00. The van der Waals surface area contributed by atoms with Gasteiger partial charge in [0.05, 0.1) is 19.9 Å². The first-order valence-corrected chi connectivity index (χ1v) is 9.57. The molecule has 10 nitrogen and oxygen atoms in total. The monoisotopic (exact) mass is 417 g/mol. The van der Waals surface area contributed by atoms with E-state index in [1.807, 2.05) is 43.3 Å². The fourth-order valence-electron chi connectivity index (χ4n) is 3.80. The standard InChI is InChI=1S/C21H19N7O3/c1-11-4-6-12(7-5-11)17-16-18(20(29)24-23-17)22-21-25-26-27-28(21)19(16)14-9-8-13(30-2)10-15(14)31-3/h4-10,19H,1-3H3,(H,24,29)(H,22,25,27)/t19-/m1/s1. The normalized spacial score (nSPS) is 14.4. The highest BCUT2D eigenvalue weighted by atomic mass is 16.5. The van der Waals surface area contributed by atoms with E-state index in [1.165, 1.54) is 0 Å². The van der Waals surface area contributed by atoms with Crippen molar-refractivity contribution in [3.05, 3.63) is 69.5 Å². The van der Waals surface area contributed by atoms with Crippen LogP contribution in [-0.4, -0.2) is 44.6 Å². The van der Waals surface area contributed by atoms with Gasteiger partial charge in [0.25, 0.3) is 5.56 Å². The molecule has 0 amide bonds. The van der Waals surface area contributed by atoms with E-state index in [9.17, 15) is 4.79 Å². The number of ether oxygens (including phenoxy) is 2. The maximum absolute atomic E-state index is 12.8. The van der Waals surface area contributed by atoms with Gasteiger partial charge in [-0.15, -0.1) is 0 Å². The molecule has 1 atom stereocenters. The van der Waals surface area contributed by atoms with Crippen molar-refractivity contribution in [1.82, 2.24) is 30.4 Å². The molecule has 2 aromatic carbocycles. The highest BCUT2D eigenvalue weighted by Gasteiger charge is 2.36. The van der Waals surface area contributed by atoms with Crippen LogP contribution in [0.15, 0.2) is 47.3 Å². The molecule has 1 aliphatic heterocycles. The lowest BCUT2D eigenvalue weighted by Gasteiger charge is -2.28. The highest BCUT2D eigenvalue weighted by Crippen LogP contribution is 2.44. The van der Waals surface area contributed by atoms with Crippen molar-refractivity contribution in [2.45, 2.75) is 13.0 Å². The third-order valence-corrected chi connectivity index (χ3v) is 5.33. The van der Waals surface area contributed by atoms with Gasteiger partial charge in [-0.25, -0.2) is 5.10 Å². The molecule has 0 spiro atoms. The Hall–Kier alpha value is -4.21. The Labute approximate surface area is 176 Å². The maximum atomic E-state index is 12.8. The fraction of sp³-hybridized carbons (Fsp3) is 0.190. The minimum atomic E-state index is -0.548. The van der Waals surface area contributed by atoms with Crippen LogP contribution in [0, 0.1) is 6.92 Å². The van der Waals surface area contributed by atoms with Gasteiger partial charge in [-0.1, -0.05) is 34.9 Å². The van der Waals surface area contributed by atoms with Crippen molar-refractivity contribution in [3.8, 4) is 22.8 Å². The van der Waals surface area contributed by atoms with E-state index in [4.69, 9.17) is 9.47 Å². The number of nitrogens with one attached hydrogen (secondary N) is 2. The molecule has 0 bridgehead atoms. The van der Waals surface area contributed by atoms with Gasteiger partial charge in [-0.3, -0.25) is 4.79 Å². The molecule has 0 aliphatic carbocycles. The van der Waals surface area contributed by atoms with E-state index in [-0.39, 0.29) is 5.56 Å². The van der Waals surface area contributed by atoms with Crippen molar-refractivity contribution >= 4 is 11.6 Å². The van der Waals surface area contributed by atoms with Crippen LogP contribution < -0.4 is 20.3 Å². The topological polar surface area (TPSA) is 120 Å². The molecule has 2 N–H and O–H groups in total. The maximum Gasteiger partial charge on any atom is 0.288 e.